The second kappa shape index (κ2) is 5.90. The lowest BCUT2D eigenvalue weighted by Crippen LogP contribution is -2.49. The third-order valence-corrected chi connectivity index (χ3v) is 8.41. The van der Waals surface area contributed by atoms with E-state index in [0.717, 1.165) is 69.1 Å². The highest BCUT2D eigenvalue weighted by atomic mass is 32.1. The number of pyridine rings is 1. The lowest BCUT2D eigenvalue weighted by atomic mass is 9.48. The van der Waals surface area contributed by atoms with Gasteiger partial charge in [-0.25, -0.2) is 4.98 Å². The Morgan fingerprint density at radius 3 is 2.25 bits per heavy atom. The van der Waals surface area contributed by atoms with Crippen molar-refractivity contribution in [1.82, 2.24) is 4.98 Å². The maximum atomic E-state index is 13.9. The minimum atomic E-state index is -0.149. The smallest absolute Gasteiger partial charge is 0.181 e. The molecule has 0 spiro atoms. The van der Waals surface area contributed by atoms with Crippen LogP contribution in [0.4, 0.5) is 5.00 Å². The summed E-state index contributed by atoms with van der Waals surface area (Å²) in [6.45, 7) is 0. The second-order valence-electron chi connectivity index (χ2n) is 9.28. The number of carbonyl (C=O) groups is 1. The van der Waals surface area contributed by atoms with Crippen molar-refractivity contribution >= 4 is 33.0 Å². The van der Waals surface area contributed by atoms with Gasteiger partial charge in [-0.3, -0.25) is 4.79 Å². The Morgan fingerprint density at radius 2 is 1.61 bits per heavy atom. The number of thiophene rings is 1. The highest BCUT2D eigenvalue weighted by molar-refractivity contribution is 7.19. The van der Waals surface area contributed by atoms with Gasteiger partial charge in [0.2, 0.25) is 0 Å². The molecule has 0 unspecified atom stereocenters. The predicted octanol–water partition coefficient (Wildman–Crippen LogP) is 5.94. The number of hydrogen-bond donors (Lipinski definition) is 1. The van der Waals surface area contributed by atoms with Crippen molar-refractivity contribution in [2.75, 3.05) is 5.73 Å². The summed E-state index contributed by atoms with van der Waals surface area (Å²) in [5, 5.41) is 1.65. The first-order chi connectivity index (χ1) is 13.6. The molecule has 4 aliphatic carbocycles. The van der Waals surface area contributed by atoms with E-state index in [-0.39, 0.29) is 5.41 Å². The predicted molar refractivity (Wildman–Crippen MR) is 114 cm³/mol. The van der Waals surface area contributed by atoms with Crippen LogP contribution in [0.2, 0.25) is 0 Å². The zero-order valence-corrected chi connectivity index (χ0v) is 16.7. The van der Waals surface area contributed by atoms with Gasteiger partial charge >= 0.3 is 0 Å². The van der Waals surface area contributed by atoms with Crippen LogP contribution in [0.25, 0.3) is 22.2 Å². The van der Waals surface area contributed by atoms with E-state index in [4.69, 9.17) is 10.7 Å². The highest BCUT2D eigenvalue weighted by Crippen LogP contribution is 2.61. The van der Waals surface area contributed by atoms with Crippen LogP contribution in [0.15, 0.2) is 42.5 Å². The van der Waals surface area contributed by atoms with Gasteiger partial charge in [0.05, 0.1) is 21.1 Å². The van der Waals surface area contributed by atoms with Gasteiger partial charge in [0.15, 0.2) is 5.78 Å². The van der Waals surface area contributed by atoms with E-state index < -0.39 is 0 Å². The van der Waals surface area contributed by atoms with Crippen LogP contribution in [-0.4, -0.2) is 10.8 Å². The van der Waals surface area contributed by atoms with Crippen LogP contribution in [0.5, 0.6) is 0 Å². The quantitative estimate of drug-likeness (QED) is 0.565. The van der Waals surface area contributed by atoms with Gasteiger partial charge in [-0.2, -0.15) is 0 Å². The van der Waals surface area contributed by atoms with Crippen molar-refractivity contribution in [1.29, 1.82) is 0 Å². The molecule has 3 aromatic rings. The lowest BCUT2D eigenvalue weighted by Gasteiger charge is -2.55. The molecule has 0 saturated heterocycles. The van der Waals surface area contributed by atoms with E-state index in [2.05, 4.69) is 12.1 Å². The van der Waals surface area contributed by atoms with E-state index in [1.807, 2.05) is 30.3 Å². The molecule has 7 rings (SSSR count). The molecule has 4 fully saturated rings. The van der Waals surface area contributed by atoms with Crippen molar-refractivity contribution < 1.29 is 4.79 Å². The summed E-state index contributed by atoms with van der Waals surface area (Å²) in [5.41, 5.74) is 8.96. The Balaban J connectivity index is 1.46. The summed E-state index contributed by atoms with van der Waals surface area (Å²) < 4.78 is 0. The summed E-state index contributed by atoms with van der Waals surface area (Å²) in [6.07, 6.45) is 7.27. The van der Waals surface area contributed by atoms with E-state index >= 15 is 0 Å². The van der Waals surface area contributed by atoms with Crippen molar-refractivity contribution in [2.24, 2.45) is 23.2 Å². The molecule has 0 aliphatic heterocycles. The van der Waals surface area contributed by atoms with Crippen LogP contribution in [0.1, 0.15) is 48.2 Å². The second-order valence-corrected chi connectivity index (χ2v) is 10.3. The molecule has 2 N–H and O–H groups in total. The van der Waals surface area contributed by atoms with Crippen molar-refractivity contribution in [2.45, 2.75) is 38.5 Å². The monoisotopic (exact) mass is 388 g/mol. The fourth-order valence-electron chi connectivity index (χ4n) is 6.60. The molecule has 1 aromatic carbocycles. The standard InChI is InChI=1S/C24H24N2OS/c25-23-18-6-7-19(17-4-2-1-3-5-17)26-20(18)21(28-23)22(27)24-11-14-8-15(12-24)10-16(9-14)13-24/h1-7,14-16H,8-13,25H2. The topological polar surface area (TPSA) is 56.0 Å². The molecule has 2 aromatic heterocycles. The van der Waals surface area contributed by atoms with Gasteiger partial charge in [0.25, 0.3) is 0 Å². The average molecular weight is 389 g/mol. The van der Waals surface area contributed by atoms with E-state index in [9.17, 15) is 4.79 Å². The normalized spacial score (nSPS) is 30.8. The molecular formula is C24H24N2OS. The SMILES string of the molecule is Nc1sc(C(=O)C23CC4CC(CC(C4)C2)C3)c2nc(-c3ccccc3)ccc12. The number of Topliss-reactive ketones (excluding diaryl/α,β-unsaturated/α-hetero) is 1. The number of nitrogens with zero attached hydrogens (tertiary/aromatic N) is 1. The van der Waals surface area contributed by atoms with Gasteiger partial charge in [0.1, 0.15) is 0 Å². The number of nitrogens with two attached hydrogens (primary N) is 1. The Morgan fingerprint density at radius 1 is 0.964 bits per heavy atom. The Kier molecular flexibility index (Phi) is 3.52. The molecule has 4 bridgehead atoms. The first-order valence-corrected chi connectivity index (χ1v) is 11.2. The molecular weight excluding hydrogens is 364 g/mol. The number of ketones is 1. The number of anilines is 1. The Bertz CT molecular complexity index is 1050. The van der Waals surface area contributed by atoms with E-state index in [1.165, 1.54) is 30.6 Å². The first-order valence-electron chi connectivity index (χ1n) is 10.4. The van der Waals surface area contributed by atoms with Crippen LogP contribution in [-0.2, 0) is 0 Å². The largest absolute Gasteiger partial charge is 0.390 e. The molecule has 4 saturated carbocycles. The van der Waals surface area contributed by atoms with E-state index in [1.54, 1.807) is 0 Å². The van der Waals surface area contributed by atoms with E-state index in [0.29, 0.717) is 5.78 Å². The molecule has 2 heterocycles. The third kappa shape index (κ3) is 2.40. The molecule has 0 atom stereocenters. The van der Waals surface area contributed by atoms with Gasteiger partial charge in [0, 0.05) is 16.4 Å². The number of benzene rings is 1. The Hall–Kier alpha value is -2.20. The molecule has 4 aliphatic rings. The Labute approximate surface area is 169 Å². The number of aromatic nitrogens is 1. The summed E-state index contributed by atoms with van der Waals surface area (Å²) >= 11 is 1.45. The van der Waals surface area contributed by atoms with Crippen LogP contribution in [0, 0.1) is 23.2 Å². The van der Waals surface area contributed by atoms with Crippen LogP contribution < -0.4 is 5.73 Å². The summed E-state index contributed by atoms with van der Waals surface area (Å²) in [6, 6.07) is 14.2. The lowest BCUT2D eigenvalue weighted by molar-refractivity contribution is -0.0350. The van der Waals surface area contributed by atoms with Crippen molar-refractivity contribution in [3.63, 3.8) is 0 Å². The zero-order valence-electron chi connectivity index (χ0n) is 15.9. The van der Waals surface area contributed by atoms with Gasteiger partial charge in [-0.05, 0) is 68.4 Å². The number of hydrogen-bond acceptors (Lipinski definition) is 4. The molecule has 142 valence electrons. The maximum absolute atomic E-state index is 13.9. The third-order valence-electron chi connectivity index (χ3n) is 7.38. The number of nitrogen functional groups attached to an aromatic ring is 1. The summed E-state index contributed by atoms with van der Waals surface area (Å²) in [7, 11) is 0. The van der Waals surface area contributed by atoms with Crippen LogP contribution >= 0.6 is 11.3 Å². The maximum Gasteiger partial charge on any atom is 0.181 e. The highest BCUT2D eigenvalue weighted by Gasteiger charge is 2.55. The number of rotatable bonds is 3. The van der Waals surface area contributed by atoms with Gasteiger partial charge < -0.3 is 5.73 Å². The fourth-order valence-corrected chi connectivity index (χ4v) is 7.65. The minimum absolute atomic E-state index is 0.149. The molecule has 0 radical (unpaired) electrons. The van der Waals surface area contributed by atoms with Gasteiger partial charge in [-0.1, -0.05) is 30.3 Å². The molecule has 3 nitrogen and oxygen atoms in total. The summed E-state index contributed by atoms with van der Waals surface area (Å²) in [4.78, 5) is 19.6. The molecule has 28 heavy (non-hydrogen) atoms. The van der Waals surface area contributed by atoms with Crippen LogP contribution in [0.3, 0.4) is 0 Å². The number of carbonyl (C=O) groups excluding carboxylic acids is 1. The van der Waals surface area contributed by atoms with Gasteiger partial charge in [-0.15, -0.1) is 11.3 Å². The minimum Gasteiger partial charge on any atom is -0.390 e. The van der Waals surface area contributed by atoms with Crippen molar-refractivity contribution in [3.8, 4) is 11.3 Å². The molecule has 4 heteroatoms. The fraction of sp³-hybridized carbons (Fsp3) is 0.417. The zero-order chi connectivity index (χ0) is 18.9. The number of fused-ring (bicyclic) bond motifs is 1. The van der Waals surface area contributed by atoms with Crippen molar-refractivity contribution in [3.05, 3.63) is 47.3 Å². The first kappa shape index (κ1) is 16.7. The molecule has 0 amide bonds. The summed E-state index contributed by atoms with van der Waals surface area (Å²) in [5.74, 6) is 2.60. The average Bonchev–Trinajstić information content (AvgIpc) is 3.03.